The van der Waals surface area contributed by atoms with E-state index in [0.29, 0.717) is 12.0 Å². The van der Waals surface area contributed by atoms with Crippen LogP contribution in [0, 0.1) is 0 Å². The van der Waals surface area contributed by atoms with Crippen molar-refractivity contribution in [2.75, 3.05) is 6.54 Å². The molecule has 0 radical (unpaired) electrons. The lowest BCUT2D eigenvalue weighted by atomic mass is 9.89. The van der Waals surface area contributed by atoms with Gasteiger partial charge < -0.3 is 5.32 Å². The third-order valence-electron chi connectivity index (χ3n) is 3.36. The van der Waals surface area contributed by atoms with Crippen LogP contribution in [0.1, 0.15) is 56.2 Å². The van der Waals surface area contributed by atoms with Gasteiger partial charge in [0.1, 0.15) is 0 Å². The molecule has 2 heteroatoms. The van der Waals surface area contributed by atoms with E-state index in [2.05, 4.69) is 53.3 Å². The van der Waals surface area contributed by atoms with E-state index in [1.54, 1.807) is 0 Å². The zero-order valence-corrected chi connectivity index (χ0v) is 11.7. The van der Waals surface area contributed by atoms with Crippen LogP contribution in [0.15, 0.2) is 22.7 Å². The molecule has 1 unspecified atom stereocenters. The maximum atomic E-state index is 3.64. The monoisotopic (exact) mass is 281 g/mol. The van der Waals surface area contributed by atoms with E-state index in [1.807, 2.05) is 0 Å². The minimum absolute atomic E-state index is 0.559. The van der Waals surface area contributed by atoms with Gasteiger partial charge >= 0.3 is 0 Å². The van der Waals surface area contributed by atoms with Gasteiger partial charge in [0.05, 0.1) is 0 Å². The molecule has 1 aliphatic rings. The first-order valence-electron chi connectivity index (χ1n) is 6.21. The highest BCUT2D eigenvalue weighted by molar-refractivity contribution is 9.10. The van der Waals surface area contributed by atoms with E-state index >= 15 is 0 Å². The molecule has 88 valence electrons. The average Bonchev–Trinajstić information content (AvgIpc) is 2.29. The summed E-state index contributed by atoms with van der Waals surface area (Å²) in [6, 6.07) is 7.27. The third-order valence-corrected chi connectivity index (χ3v) is 3.85. The van der Waals surface area contributed by atoms with E-state index in [1.165, 1.54) is 34.9 Å². The number of benzene rings is 1. The van der Waals surface area contributed by atoms with Crippen molar-refractivity contribution in [2.45, 2.75) is 45.1 Å². The maximum Gasteiger partial charge on any atom is 0.0323 e. The Morgan fingerprint density at radius 2 is 2.12 bits per heavy atom. The van der Waals surface area contributed by atoms with Gasteiger partial charge in [0.25, 0.3) is 0 Å². The Morgan fingerprint density at radius 3 is 2.75 bits per heavy atom. The van der Waals surface area contributed by atoms with Crippen LogP contribution in [0.3, 0.4) is 0 Å². The SMILES string of the molecule is CC(C)c1ccc(Br)cc1C1CCCCN1. The van der Waals surface area contributed by atoms with Crippen molar-refractivity contribution >= 4 is 15.9 Å². The molecule has 1 saturated heterocycles. The van der Waals surface area contributed by atoms with Gasteiger partial charge in [-0.3, -0.25) is 0 Å². The molecular weight excluding hydrogens is 262 g/mol. The molecule has 1 fully saturated rings. The maximum absolute atomic E-state index is 3.64. The zero-order chi connectivity index (χ0) is 11.5. The van der Waals surface area contributed by atoms with Crippen LogP contribution >= 0.6 is 15.9 Å². The van der Waals surface area contributed by atoms with Crippen LogP contribution in [0.5, 0.6) is 0 Å². The van der Waals surface area contributed by atoms with Crippen LogP contribution in [0.25, 0.3) is 0 Å². The second kappa shape index (κ2) is 5.33. The van der Waals surface area contributed by atoms with Crippen molar-refractivity contribution < 1.29 is 0 Å². The summed E-state index contributed by atoms with van der Waals surface area (Å²) < 4.78 is 1.19. The van der Waals surface area contributed by atoms with Gasteiger partial charge in [-0.2, -0.15) is 0 Å². The fourth-order valence-corrected chi connectivity index (χ4v) is 2.87. The van der Waals surface area contributed by atoms with Gasteiger partial charge in [0.15, 0.2) is 0 Å². The van der Waals surface area contributed by atoms with E-state index < -0.39 is 0 Å². The Balaban J connectivity index is 2.32. The molecule has 1 N–H and O–H groups in total. The number of nitrogens with one attached hydrogen (secondary N) is 1. The van der Waals surface area contributed by atoms with Crippen molar-refractivity contribution in [3.63, 3.8) is 0 Å². The van der Waals surface area contributed by atoms with Gasteiger partial charge in [-0.05, 0) is 48.6 Å². The van der Waals surface area contributed by atoms with Gasteiger partial charge in [-0.25, -0.2) is 0 Å². The van der Waals surface area contributed by atoms with Crippen LogP contribution in [-0.4, -0.2) is 6.54 Å². The Labute approximate surface area is 107 Å². The first-order valence-corrected chi connectivity index (χ1v) is 7.00. The minimum atomic E-state index is 0.559. The second-order valence-corrected chi connectivity index (χ2v) is 5.85. The van der Waals surface area contributed by atoms with E-state index in [9.17, 15) is 0 Å². The molecular formula is C14H20BrN. The fourth-order valence-electron chi connectivity index (χ4n) is 2.49. The lowest BCUT2D eigenvalue weighted by Gasteiger charge is -2.27. The predicted molar refractivity (Wildman–Crippen MR) is 72.8 cm³/mol. The van der Waals surface area contributed by atoms with E-state index in [-0.39, 0.29) is 0 Å². The summed E-state index contributed by atoms with van der Waals surface area (Å²) in [5.74, 6) is 0.604. The van der Waals surface area contributed by atoms with Gasteiger partial charge in [0.2, 0.25) is 0 Å². The molecule has 1 atom stereocenters. The molecule has 0 amide bonds. The molecule has 0 aromatic heterocycles. The summed E-state index contributed by atoms with van der Waals surface area (Å²) in [6.07, 6.45) is 3.94. The average molecular weight is 282 g/mol. The van der Waals surface area contributed by atoms with Crippen molar-refractivity contribution in [2.24, 2.45) is 0 Å². The molecule has 0 spiro atoms. The van der Waals surface area contributed by atoms with Crippen LogP contribution in [0.4, 0.5) is 0 Å². The Bertz CT molecular complexity index is 354. The van der Waals surface area contributed by atoms with Crippen LogP contribution in [-0.2, 0) is 0 Å². The number of hydrogen-bond donors (Lipinski definition) is 1. The molecule has 16 heavy (non-hydrogen) atoms. The smallest absolute Gasteiger partial charge is 0.0323 e. The lowest BCUT2D eigenvalue weighted by Crippen LogP contribution is -2.27. The summed E-state index contributed by atoms with van der Waals surface area (Å²) >= 11 is 3.58. The van der Waals surface area contributed by atoms with Gasteiger partial charge in [-0.15, -0.1) is 0 Å². The van der Waals surface area contributed by atoms with Crippen LogP contribution < -0.4 is 5.32 Å². The van der Waals surface area contributed by atoms with E-state index in [4.69, 9.17) is 0 Å². The highest BCUT2D eigenvalue weighted by atomic mass is 79.9. The van der Waals surface area contributed by atoms with Crippen molar-refractivity contribution in [3.8, 4) is 0 Å². The Hall–Kier alpha value is -0.340. The first kappa shape index (κ1) is 12.1. The number of halogens is 1. The van der Waals surface area contributed by atoms with Crippen molar-refractivity contribution in [1.82, 2.24) is 5.32 Å². The predicted octanol–water partition coefficient (Wildman–Crippen LogP) is 4.39. The standard InChI is InChI=1S/C14H20BrN/c1-10(2)12-7-6-11(15)9-13(12)14-5-3-4-8-16-14/h6-7,9-10,14,16H,3-5,8H2,1-2H3. The first-order chi connectivity index (χ1) is 7.68. The van der Waals surface area contributed by atoms with Gasteiger partial charge in [0, 0.05) is 10.5 Å². The molecule has 1 aromatic rings. The third kappa shape index (κ3) is 2.67. The Kier molecular flexibility index (Phi) is 4.04. The number of hydrogen-bond acceptors (Lipinski definition) is 1. The summed E-state index contributed by atoms with van der Waals surface area (Å²) in [5.41, 5.74) is 2.98. The molecule has 1 aliphatic heterocycles. The molecule has 1 nitrogen and oxygen atoms in total. The van der Waals surface area contributed by atoms with Gasteiger partial charge in [-0.1, -0.05) is 42.3 Å². The topological polar surface area (TPSA) is 12.0 Å². The second-order valence-electron chi connectivity index (χ2n) is 4.93. The zero-order valence-electron chi connectivity index (χ0n) is 10.1. The van der Waals surface area contributed by atoms with Crippen molar-refractivity contribution in [3.05, 3.63) is 33.8 Å². The fraction of sp³-hybridized carbons (Fsp3) is 0.571. The number of piperidine rings is 1. The van der Waals surface area contributed by atoms with Crippen molar-refractivity contribution in [1.29, 1.82) is 0 Å². The number of rotatable bonds is 2. The molecule has 0 aliphatic carbocycles. The summed E-state index contributed by atoms with van der Waals surface area (Å²) in [5, 5.41) is 3.64. The van der Waals surface area contributed by atoms with Crippen LogP contribution in [0.2, 0.25) is 0 Å². The van der Waals surface area contributed by atoms with E-state index in [0.717, 1.165) is 6.54 Å². The quantitative estimate of drug-likeness (QED) is 0.848. The lowest BCUT2D eigenvalue weighted by molar-refractivity contribution is 0.409. The molecule has 0 bridgehead atoms. The summed E-state index contributed by atoms with van der Waals surface area (Å²) in [6.45, 7) is 5.71. The normalized spacial score (nSPS) is 21.4. The minimum Gasteiger partial charge on any atom is -0.310 e. The molecule has 1 heterocycles. The summed E-state index contributed by atoms with van der Waals surface area (Å²) in [4.78, 5) is 0. The highest BCUT2D eigenvalue weighted by Crippen LogP contribution is 2.31. The summed E-state index contributed by atoms with van der Waals surface area (Å²) in [7, 11) is 0. The molecule has 0 saturated carbocycles. The largest absolute Gasteiger partial charge is 0.310 e. The molecule has 2 rings (SSSR count). The Morgan fingerprint density at radius 1 is 1.31 bits per heavy atom. The molecule has 1 aromatic carbocycles. The highest BCUT2D eigenvalue weighted by Gasteiger charge is 2.19.